The second kappa shape index (κ2) is 7.05. The predicted molar refractivity (Wildman–Crippen MR) is 92.8 cm³/mol. The first-order valence-electron chi connectivity index (χ1n) is 7.35. The van der Waals surface area contributed by atoms with Crippen LogP contribution in [0.4, 0.5) is 0 Å². The average molecular weight is 355 g/mol. The zero-order valence-corrected chi connectivity index (χ0v) is 14.8. The van der Waals surface area contributed by atoms with Gasteiger partial charge in [-0.25, -0.2) is 4.79 Å². The summed E-state index contributed by atoms with van der Waals surface area (Å²) < 4.78 is 11.3. The molecule has 7 heteroatoms. The lowest BCUT2D eigenvalue weighted by Crippen LogP contribution is -2.51. The largest absolute Gasteiger partial charge is 0.480 e. The second-order valence-electron chi connectivity index (χ2n) is 6.20. The van der Waals surface area contributed by atoms with Crippen molar-refractivity contribution in [1.29, 1.82) is 0 Å². The van der Waals surface area contributed by atoms with Crippen molar-refractivity contribution in [2.45, 2.75) is 31.1 Å². The van der Waals surface area contributed by atoms with Gasteiger partial charge >= 0.3 is 5.97 Å². The lowest BCUT2D eigenvalue weighted by atomic mass is 9.96. The number of carbonyl (C=O) groups excluding carboxylic acids is 1. The minimum atomic E-state index is -1.40. The Labute approximate surface area is 143 Å². The van der Waals surface area contributed by atoms with Crippen LogP contribution >= 0.6 is 12.6 Å². The van der Waals surface area contributed by atoms with Crippen LogP contribution in [0, 0.1) is 5.92 Å². The summed E-state index contributed by atoms with van der Waals surface area (Å²) in [6.45, 7) is 3.25. The Kier molecular flexibility index (Phi) is 5.52. The minimum absolute atomic E-state index is 0.0398. The third-order valence-corrected chi connectivity index (χ3v) is 6.58. The molecule has 1 heterocycles. The Bertz CT molecular complexity index is 618. The molecule has 1 fully saturated rings. The van der Waals surface area contributed by atoms with Crippen LogP contribution in [0.25, 0.3) is 0 Å². The van der Waals surface area contributed by atoms with Crippen LogP contribution in [0.1, 0.15) is 19.4 Å². The summed E-state index contributed by atoms with van der Waals surface area (Å²) in [6, 6.07) is 8.45. The van der Waals surface area contributed by atoms with Gasteiger partial charge in [-0.15, -0.1) is 0 Å². The van der Waals surface area contributed by atoms with Gasteiger partial charge in [-0.3, -0.25) is 9.00 Å². The molecule has 126 valence electrons. The van der Waals surface area contributed by atoms with E-state index in [1.807, 2.05) is 30.3 Å². The topological polar surface area (TPSA) is 74.7 Å². The second-order valence-corrected chi connectivity index (χ2v) is 8.56. The standard InChI is InChI=1S/C16H21NO4S2/c1-16(2)13(15(19)20)17(10-23(16)21)14(18)12(9-22)8-11-6-4-3-5-7-11/h3-7,12-13,22H,8-10H2,1-2H3,(H,19,20)/t12-,13+,23?/m1/s1. The van der Waals surface area contributed by atoms with Gasteiger partial charge in [0.1, 0.15) is 6.04 Å². The summed E-state index contributed by atoms with van der Waals surface area (Å²) in [7, 11) is -1.40. The molecule has 1 amide bonds. The summed E-state index contributed by atoms with van der Waals surface area (Å²) in [6.07, 6.45) is 0.485. The fourth-order valence-electron chi connectivity index (χ4n) is 2.85. The molecule has 0 spiro atoms. The third-order valence-electron chi connectivity index (χ3n) is 4.22. The maximum Gasteiger partial charge on any atom is 0.327 e. The first-order valence-corrected chi connectivity index (χ1v) is 9.30. The van der Waals surface area contributed by atoms with E-state index < -0.39 is 33.5 Å². The zero-order valence-electron chi connectivity index (χ0n) is 13.1. The van der Waals surface area contributed by atoms with E-state index in [0.29, 0.717) is 12.2 Å². The monoisotopic (exact) mass is 355 g/mol. The Morgan fingerprint density at radius 3 is 2.52 bits per heavy atom. The highest BCUT2D eigenvalue weighted by Crippen LogP contribution is 2.32. The van der Waals surface area contributed by atoms with E-state index >= 15 is 0 Å². The molecular formula is C16H21NO4S2. The number of hydrogen-bond donors (Lipinski definition) is 2. The van der Waals surface area contributed by atoms with Crippen LogP contribution in [-0.2, 0) is 26.8 Å². The smallest absolute Gasteiger partial charge is 0.327 e. The molecule has 1 aliphatic heterocycles. The molecule has 23 heavy (non-hydrogen) atoms. The molecule has 0 aromatic heterocycles. The summed E-state index contributed by atoms with van der Waals surface area (Å²) in [4.78, 5) is 25.7. The maximum absolute atomic E-state index is 12.8. The SMILES string of the molecule is CC1(C)[C@H](C(=O)O)N(C(=O)[C@@H](CS)Cc2ccccc2)CS1=O. The molecule has 2 rings (SSSR count). The van der Waals surface area contributed by atoms with E-state index in [9.17, 15) is 18.9 Å². The van der Waals surface area contributed by atoms with E-state index in [1.54, 1.807) is 13.8 Å². The average Bonchev–Trinajstić information content (AvgIpc) is 2.75. The van der Waals surface area contributed by atoms with E-state index in [4.69, 9.17) is 0 Å². The Morgan fingerprint density at radius 1 is 1.39 bits per heavy atom. The normalized spacial score (nSPS) is 24.4. The highest BCUT2D eigenvalue weighted by Gasteiger charge is 2.53. The van der Waals surface area contributed by atoms with Crippen molar-refractivity contribution in [2.75, 3.05) is 11.6 Å². The Morgan fingerprint density at radius 2 is 2.00 bits per heavy atom. The van der Waals surface area contributed by atoms with Crippen molar-refractivity contribution < 1.29 is 18.9 Å². The highest BCUT2D eigenvalue weighted by molar-refractivity contribution is 7.86. The van der Waals surface area contributed by atoms with Crippen molar-refractivity contribution in [3.63, 3.8) is 0 Å². The number of amides is 1. The Balaban J connectivity index is 2.23. The number of carboxylic acid groups (broad SMARTS) is 1. The van der Waals surface area contributed by atoms with Gasteiger partial charge in [0.25, 0.3) is 0 Å². The van der Waals surface area contributed by atoms with Gasteiger partial charge in [0.2, 0.25) is 5.91 Å². The van der Waals surface area contributed by atoms with Crippen LogP contribution in [0.3, 0.4) is 0 Å². The van der Waals surface area contributed by atoms with E-state index in [0.717, 1.165) is 5.56 Å². The van der Waals surface area contributed by atoms with Crippen molar-refractivity contribution >= 4 is 35.3 Å². The van der Waals surface area contributed by atoms with Crippen LogP contribution in [0.2, 0.25) is 0 Å². The summed E-state index contributed by atoms with van der Waals surface area (Å²) >= 11 is 4.25. The summed E-state index contributed by atoms with van der Waals surface area (Å²) in [5.41, 5.74) is 0.992. The molecule has 0 bridgehead atoms. The Hall–Kier alpha value is -1.34. The maximum atomic E-state index is 12.8. The molecule has 5 nitrogen and oxygen atoms in total. The zero-order chi connectivity index (χ0) is 17.2. The first-order chi connectivity index (χ1) is 10.8. The number of nitrogens with zero attached hydrogens (tertiary/aromatic N) is 1. The van der Waals surface area contributed by atoms with Gasteiger partial charge in [-0.1, -0.05) is 30.3 Å². The molecule has 1 N–H and O–H groups in total. The number of carbonyl (C=O) groups is 2. The molecule has 3 atom stereocenters. The van der Waals surface area contributed by atoms with E-state index in [2.05, 4.69) is 12.6 Å². The quantitative estimate of drug-likeness (QED) is 0.786. The van der Waals surface area contributed by atoms with Crippen LogP contribution in [0.15, 0.2) is 30.3 Å². The van der Waals surface area contributed by atoms with Crippen LogP contribution < -0.4 is 0 Å². The first kappa shape index (κ1) is 18.0. The number of carboxylic acids is 1. The van der Waals surface area contributed by atoms with E-state index in [-0.39, 0.29) is 11.8 Å². The number of hydrogen-bond acceptors (Lipinski definition) is 4. The number of thiol groups is 1. The van der Waals surface area contributed by atoms with Crippen LogP contribution in [-0.4, -0.2) is 48.5 Å². The molecule has 0 radical (unpaired) electrons. The summed E-state index contributed by atoms with van der Waals surface area (Å²) in [5.74, 6) is -1.58. The minimum Gasteiger partial charge on any atom is -0.480 e. The molecule has 1 unspecified atom stereocenters. The lowest BCUT2D eigenvalue weighted by Gasteiger charge is -2.29. The van der Waals surface area contributed by atoms with Gasteiger partial charge in [0.15, 0.2) is 0 Å². The molecule has 0 aliphatic carbocycles. The third kappa shape index (κ3) is 3.61. The predicted octanol–water partition coefficient (Wildman–Crippen LogP) is 1.56. The van der Waals surface area contributed by atoms with Crippen molar-refractivity contribution in [2.24, 2.45) is 5.92 Å². The molecule has 1 aliphatic rings. The molecule has 0 saturated carbocycles. The molecule has 1 saturated heterocycles. The van der Waals surface area contributed by atoms with Crippen molar-refractivity contribution in [3.8, 4) is 0 Å². The fourth-order valence-corrected chi connectivity index (χ4v) is 4.48. The molecular weight excluding hydrogens is 334 g/mol. The summed E-state index contributed by atoms with van der Waals surface area (Å²) in [5, 5.41) is 9.48. The van der Waals surface area contributed by atoms with Gasteiger partial charge in [0.05, 0.1) is 16.5 Å². The van der Waals surface area contributed by atoms with E-state index in [1.165, 1.54) is 4.90 Å². The molecule has 1 aromatic carbocycles. The molecule has 1 aromatic rings. The number of aliphatic carboxylic acids is 1. The van der Waals surface area contributed by atoms with Gasteiger partial charge in [0, 0.05) is 16.6 Å². The van der Waals surface area contributed by atoms with Gasteiger partial charge < -0.3 is 10.0 Å². The van der Waals surface area contributed by atoms with Crippen LogP contribution in [0.5, 0.6) is 0 Å². The van der Waals surface area contributed by atoms with Crippen molar-refractivity contribution in [3.05, 3.63) is 35.9 Å². The lowest BCUT2D eigenvalue weighted by molar-refractivity contribution is -0.151. The van der Waals surface area contributed by atoms with Gasteiger partial charge in [-0.2, -0.15) is 12.6 Å². The van der Waals surface area contributed by atoms with Gasteiger partial charge in [-0.05, 0) is 25.8 Å². The fraction of sp³-hybridized carbons (Fsp3) is 0.500. The van der Waals surface area contributed by atoms with Crippen molar-refractivity contribution in [1.82, 2.24) is 4.90 Å². The number of rotatable bonds is 5. The number of benzene rings is 1. The highest BCUT2D eigenvalue weighted by atomic mass is 32.2.